The van der Waals surface area contributed by atoms with E-state index in [9.17, 15) is 4.79 Å². The third-order valence-corrected chi connectivity index (χ3v) is 0.642. The second-order valence-electron chi connectivity index (χ2n) is 2.56. The Hall–Kier alpha value is 0.470. The van der Waals surface area contributed by atoms with Gasteiger partial charge in [-0.3, -0.25) is 4.79 Å². The summed E-state index contributed by atoms with van der Waals surface area (Å²) in [6, 6.07) is 0. The van der Waals surface area contributed by atoms with Crippen molar-refractivity contribution in [3.8, 4) is 0 Å². The van der Waals surface area contributed by atoms with Gasteiger partial charge in [-0.15, -0.1) is 0 Å². The van der Waals surface area contributed by atoms with Crippen molar-refractivity contribution in [2.75, 3.05) is 0 Å². The Morgan fingerprint density at radius 3 is 1.62 bits per heavy atom. The first-order valence-corrected chi connectivity index (χ1v) is 2.18. The number of carbonyl (C=O) groups is 1. The smallest absolute Gasteiger partial charge is 1.00 e. The van der Waals surface area contributed by atoms with Crippen LogP contribution in [-0.4, -0.2) is 11.1 Å². The molecule has 0 heterocycles. The molecular formula is C5H11NaO2. The standard InChI is InChI=1S/C5H10O2.Na.H/c1-5(2,3)4(6)7;;/h1-3H3,(H,6,7);;/q;+1;-1. The predicted octanol–water partition coefficient (Wildman–Crippen LogP) is -1.77. The van der Waals surface area contributed by atoms with Crippen molar-refractivity contribution in [3.63, 3.8) is 0 Å². The average molecular weight is 126 g/mol. The van der Waals surface area contributed by atoms with E-state index in [0.29, 0.717) is 0 Å². The van der Waals surface area contributed by atoms with Crippen molar-refractivity contribution in [3.05, 3.63) is 0 Å². The van der Waals surface area contributed by atoms with E-state index >= 15 is 0 Å². The van der Waals surface area contributed by atoms with Gasteiger partial charge in [-0.1, -0.05) is 0 Å². The number of rotatable bonds is 0. The Bertz CT molecular complexity index is 87.4. The van der Waals surface area contributed by atoms with Crippen LogP contribution in [0.5, 0.6) is 0 Å². The summed E-state index contributed by atoms with van der Waals surface area (Å²) in [6.07, 6.45) is 0. The fraction of sp³-hybridized carbons (Fsp3) is 0.800. The zero-order chi connectivity index (χ0) is 6.08. The van der Waals surface area contributed by atoms with E-state index in [1.165, 1.54) is 0 Å². The molecule has 0 amide bonds. The number of aliphatic carboxylic acids is 1. The molecule has 0 bridgehead atoms. The molecule has 2 nitrogen and oxygen atoms in total. The van der Waals surface area contributed by atoms with Crippen LogP contribution in [0.1, 0.15) is 22.2 Å². The van der Waals surface area contributed by atoms with Gasteiger partial charge < -0.3 is 6.53 Å². The summed E-state index contributed by atoms with van der Waals surface area (Å²) in [7, 11) is 0. The molecule has 0 saturated heterocycles. The molecular weight excluding hydrogens is 115 g/mol. The molecule has 0 aromatic carbocycles. The van der Waals surface area contributed by atoms with Gasteiger partial charge in [0.2, 0.25) is 0 Å². The number of carboxylic acid groups (broad SMARTS) is 1. The Kier molecular flexibility index (Phi) is 4.92. The van der Waals surface area contributed by atoms with Crippen LogP contribution >= 0.6 is 0 Å². The SMILES string of the molecule is CC(C)(C)C(=O)O.[H-].[Na+]. The summed E-state index contributed by atoms with van der Waals surface area (Å²) in [5.74, 6) is -0.757. The van der Waals surface area contributed by atoms with Crippen molar-refractivity contribution >= 4 is 5.97 Å². The van der Waals surface area contributed by atoms with Crippen LogP contribution in [-0.2, 0) is 4.79 Å². The Morgan fingerprint density at radius 2 is 1.62 bits per heavy atom. The molecule has 0 aliphatic carbocycles. The summed E-state index contributed by atoms with van der Waals surface area (Å²) in [6.45, 7) is 4.99. The van der Waals surface area contributed by atoms with Crippen molar-refractivity contribution in [1.82, 2.24) is 0 Å². The molecule has 0 aromatic heterocycles. The van der Waals surface area contributed by atoms with Crippen molar-refractivity contribution in [2.45, 2.75) is 20.8 Å². The summed E-state index contributed by atoms with van der Waals surface area (Å²) < 4.78 is 0. The van der Waals surface area contributed by atoms with Gasteiger partial charge in [0.1, 0.15) is 0 Å². The van der Waals surface area contributed by atoms with Crippen molar-refractivity contribution in [1.29, 1.82) is 0 Å². The summed E-state index contributed by atoms with van der Waals surface area (Å²) in [5, 5.41) is 8.25. The molecule has 0 aliphatic rings. The molecule has 0 aromatic rings. The fourth-order valence-corrected chi connectivity index (χ4v) is 0. The molecule has 0 spiro atoms. The summed E-state index contributed by atoms with van der Waals surface area (Å²) >= 11 is 0. The molecule has 44 valence electrons. The van der Waals surface area contributed by atoms with E-state index in [1.807, 2.05) is 0 Å². The van der Waals surface area contributed by atoms with Gasteiger partial charge in [0.15, 0.2) is 0 Å². The van der Waals surface area contributed by atoms with E-state index in [-0.39, 0.29) is 31.0 Å². The molecule has 0 rings (SSSR count). The Morgan fingerprint density at radius 1 is 1.50 bits per heavy atom. The molecule has 0 radical (unpaired) electrons. The second-order valence-corrected chi connectivity index (χ2v) is 2.56. The van der Waals surface area contributed by atoms with Gasteiger partial charge in [-0.05, 0) is 20.8 Å². The monoisotopic (exact) mass is 126 g/mol. The largest absolute Gasteiger partial charge is 1.00 e. The molecule has 1 N–H and O–H groups in total. The Labute approximate surface area is 73.1 Å². The third kappa shape index (κ3) is 4.62. The van der Waals surface area contributed by atoms with E-state index < -0.39 is 11.4 Å². The number of hydrogen-bond donors (Lipinski definition) is 1. The second kappa shape index (κ2) is 3.49. The van der Waals surface area contributed by atoms with Gasteiger partial charge >= 0.3 is 35.5 Å². The first-order chi connectivity index (χ1) is 2.94. The molecule has 3 heteroatoms. The van der Waals surface area contributed by atoms with Crippen LogP contribution in [0.25, 0.3) is 0 Å². The van der Waals surface area contributed by atoms with Crippen LogP contribution in [0.3, 0.4) is 0 Å². The van der Waals surface area contributed by atoms with Gasteiger partial charge in [0.05, 0.1) is 5.41 Å². The van der Waals surface area contributed by atoms with E-state index in [2.05, 4.69) is 0 Å². The maximum absolute atomic E-state index is 10.0. The third-order valence-electron chi connectivity index (χ3n) is 0.642. The molecule has 0 atom stereocenters. The Balaban J connectivity index is -0.000000180. The molecule has 8 heavy (non-hydrogen) atoms. The number of hydrogen-bond acceptors (Lipinski definition) is 1. The van der Waals surface area contributed by atoms with Crippen LogP contribution in [0.4, 0.5) is 0 Å². The zero-order valence-corrected chi connectivity index (χ0v) is 7.86. The zero-order valence-electron chi connectivity index (χ0n) is 6.86. The average Bonchev–Trinajstić information content (AvgIpc) is 1.31. The van der Waals surface area contributed by atoms with E-state index in [0.717, 1.165) is 0 Å². The van der Waals surface area contributed by atoms with Crippen LogP contribution < -0.4 is 29.6 Å². The van der Waals surface area contributed by atoms with Crippen LogP contribution in [0, 0.1) is 5.41 Å². The topological polar surface area (TPSA) is 37.3 Å². The van der Waals surface area contributed by atoms with Gasteiger partial charge in [0, 0.05) is 0 Å². The minimum absolute atomic E-state index is 0. The van der Waals surface area contributed by atoms with Crippen LogP contribution in [0.2, 0.25) is 0 Å². The minimum Gasteiger partial charge on any atom is -1.00 e. The quantitative estimate of drug-likeness (QED) is 0.390. The van der Waals surface area contributed by atoms with Crippen LogP contribution in [0.15, 0.2) is 0 Å². The summed E-state index contributed by atoms with van der Waals surface area (Å²) in [5.41, 5.74) is -0.583. The predicted molar refractivity (Wildman–Crippen MR) is 28.2 cm³/mol. The first kappa shape index (κ1) is 11.3. The van der Waals surface area contributed by atoms with Gasteiger partial charge in [0.25, 0.3) is 0 Å². The molecule has 0 unspecified atom stereocenters. The molecule has 0 saturated carbocycles. The van der Waals surface area contributed by atoms with Gasteiger partial charge in [-0.25, -0.2) is 0 Å². The van der Waals surface area contributed by atoms with Gasteiger partial charge in [-0.2, -0.15) is 0 Å². The minimum atomic E-state index is -0.757. The summed E-state index contributed by atoms with van der Waals surface area (Å²) in [4.78, 5) is 10.0. The maximum Gasteiger partial charge on any atom is 1.00 e. The van der Waals surface area contributed by atoms with Crippen molar-refractivity contribution in [2.24, 2.45) is 5.41 Å². The fourth-order valence-electron chi connectivity index (χ4n) is 0. The normalized spacial score (nSPS) is 9.88. The molecule has 0 aliphatic heterocycles. The van der Waals surface area contributed by atoms with E-state index in [1.54, 1.807) is 20.8 Å². The van der Waals surface area contributed by atoms with Crippen molar-refractivity contribution < 1.29 is 40.9 Å². The number of carboxylic acids is 1. The first-order valence-electron chi connectivity index (χ1n) is 2.18. The maximum atomic E-state index is 10.0. The van der Waals surface area contributed by atoms with E-state index in [4.69, 9.17) is 5.11 Å². The molecule has 0 fully saturated rings.